The van der Waals surface area contributed by atoms with E-state index in [9.17, 15) is 32.5 Å². The van der Waals surface area contributed by atoms with Crippen molar-refractivity contribution in [1.82, 2.24) is 19.6 Å². The van der Waals surface area contributed by atoms with Gasteiger partial charge in [-0.2, -0.15) is 0 Å². The molecule has 1 aliphatic heterocycles. The molecule has 1 unspecified atom stereocenters. The predicted octanol–water partition coefficient (Wildman–Crippen LogP) is 3.78. The lowest BCUT2D eigenvalue weighted by Gasteiger charge is -2.35. The fourth-order valence-corrected chi connectivity index (χ4v) is 7.83. The SMILES string of the molecule is Cc1cc(=O)n(CC(NS(=O)(=O)c2ccccc2[N+](=O)[O-])[C@H]2CC[C@H](NCc3ccc4c(n3)NC(=O)CO4)CC2)c2cc(F)ccc12. The molecular formula is C32H33FN6O7S. The van der Waals surface area contributed by atoms with Crippen LogP contribution in [-0.2, 0) is 27.9 Å². The van der Waals surface area contributed by atoms with Crippen LogP contribution in [0.1, 0.15) is 36.9 Å². The zero-order chi connectivity index (χ0) is 33.3. The standard InChI is InChI=1S/C32H33FN6O7S/c1-19-14-31(41)38(27-15-21(33)8-12-24(19)27)17-25(37-47(44,45)29-5-3-2-4-26(29)39(42)43)20-6-9-22(10-7-20)34-16-23-11-13-28-32(35-23)36-30(40)18-46-28/h2-5,8,11-15,20,22,25,34,37H,6-7,9-10,16-18H2,1H3,(H,35,36,40)/t20-,22-,25?. The number of rotatable bonds is 10. The van der Waals surface area contributed by atoms with E-state index in [0.29, 0.717) is 66.0 Å². The summed E-state index contributed by atoms with van der Waals surface area (Å²) in [5.41, 5.74) is 0.732. The quantitative estimate of drug-likeness (QED) is 0.168. The summed E-state index contributed by atoms with van der Waals surface area (Å²) in [5, 5.41) is 18.5. The van der Waals surface area contributed by atoms with Crippen LogP contribution in [0.25, 0.3) is 10.9 Å². The Hall–Kier alpha value is -4.73. The summed E-state index contributed by atoms with van der Waals surface area (Å²) in [6.45, 7) is 2.02. The summed E-state index contributed by atoms with van der Waals surface area (Å²) < 4.78 is 51.2. The van der Waals surface area contributed by atoms with Crippen LogP contribution in [0.15, 0.2) is 70.4 Å². The number of aryl methyl sites for hydroxylation is 1. The molecule has 1 atom stereocenters. The van der Waals surface area contributed by atoms with Gasteiger partial charge < -0.3 is 19.9 Å². The largest absolute Gasteiger partial charge is 0.480 e. The molecule has 6 rings (SSSR count). The number of hydrogen-bond acceptors (Lipinski definition) is 9. The summed E-state index contributed by atoms with van der Waals surface area (Å²) in [4.78, 5) is 39.9. The van der Waals surface area contributed by atoms with E-state index in [2.05, 4.69) is 20.3 Å². The Morgan fingerprint density at radius 3 is 2.64 bits per heavy atom. The minimum Gasteiger partial charge on any atom is -0.480 e. The van der Waals surface area contributed by atoms with Gasteiger partial charge >= 0.3 is 0 Å². The Labute approximate surface area is 269 Å². The van der Waals surface area contributed by atoms with Gasteiger partial charge in [-0.1, -0.05) is 12.1 Å². The first-order chi connectivity index (χ1) is 22.5. The van der Waals surface area contributed by atoms with Crippen molar-refractivity contribution >= 4 is 38.3 Å². The molecular weight excluding hydrogens is 631 g/mol. The third-order valence-electron chi connectivity index (χ3n) is 8.76. The number of anilines is 1. The maximum absolute atomic E-state index is 14.4. The number of carbonyl (C=O) groups is 1. The van der Waals surface area contributed by atoms with E-state index in [0.717, 1.165) is 6.07 Å². The van der Waals surface area contributed by atoms with Gasteiger partial charge in [-0.15, -0.1) is 0 Å². The van der Waals surface area contributed by atoms with Crippen molar-refractivity contribution in [2.75, 3.05) is 11.9 Å². The van der Waals surface area contributed by atoms with Gasteiger partial charge in [0.15, 0.2) is 23.1 Å². The highest BCUT2D eigenvalue weighted by molar-refractivity contribution is 7.89. The fourth-order valence-electron chi connectivity index (χ4n) is 6.36. The molecule has 246 valence electrons. The van der Waals surface area contributed by atoms with Crippen molar-refractivity contribution in [2.45, 2.75) is 62.7 Å². The third-order valence-corrected chi connectivity index (χ3v) is 10.3. The molecule has 3 N–H and O–H groups in total. The molecule has 0 radical (unpaired) electrons. The molecule has 2 aromatic heterocycles. The number of para-hydroxylation sites is 1. The van der Waals surface area contributed by atoms with E-state index < -0.39 is 42.9 Å². The van der Waals surface area contributed by atoms with Crippen LogP contribution in [0.3, 0.4) is 0 Å². The van der Waals surface area contributed by atoms with Crippen LogP contribution in [0.2, 0.25) is 0 Å². The second-order valence-corrected chi connectivity index (χ2v) is 13.6. The number of nitro benzene ring substituents is 1. The first-order valence-corrected chi connectivity index (χ1v) is 16.7. The summed E-state index contributed by atoms with van der Waals surface area (Å²) in [6.07, 6.45) is 2.51. The molecule has 0 saturated heterocycles. The zero-order valence-corrected chi connectivity index (χ0v) is 26.3. The monoisotopic (exact) mass is 664 g/mol. The molecule has 47 heavy (non-hydrogen) atoms. The number of halogens is 1. The van der Waals surface area contributed by atoms with Gasteiger partial charge in [-0.25, -0.2) is 22.5 Å². The van der Waals surface area contributed by atoms with Crippen molar-refractivity contribution in [3.05, 3.63) is 98.2 Å². The molecule has 0 bridgehead atoms. The van der Waals surface area contributed by atoms with Crippen molar-refractivity contribution in [3.8, 4) is 5.75 Å². The number of benzene rings is 2. The lowest BCUT2D eigenvalue weighted by Crippen LogP contribution is -2.47. The average molecular weight is 665 g/mol. The number of nitrogens with one attached hydrogen (secondary N) is 3. The van der Waals surface area contributed by atoms with Crippen LogP contribution in [0, 0.1) is 28.8 Å². The first kappa shape index (κ1) is 32.2. The van der Waals surface area contributed by atoms with Gasteiger partial charge in [0.25, 0.3) is 17.2 Å². The highest BCUT2D eigenvalue weighted by Crippen LogP contribution is 2.31. The number of nitrogens with zero attached hydrogens (tertiary/aromatic N) is 3. The van der Waals surface area contributed by atoms with Gasteiger partial charge in [-0.05, 0) is 80.5 Å². The van der Waals surface area contributed by atoms with E-state index in [-0.39, 0.29) is 31.0 Å². The minimum absolute atomic E-state index is 0.0550. The molecule has 1 saturated carbocycles. The number of amides is 1. The number of pyridine rings is 2. The number of hydrogen-bond donors (Lipinski definition) is 3. The molecule has 15 heteroatoms. The Kier molecular flexibility index (Phi) is 9.03. The second-order valence-electron chi connectivity index (χ2n) is 11.9. The lowest BCUT2D eigenvalue weighted by molar-refractivity contribution is -0.387. The first-order valence-electron chi connectivity index (χ1n) is 15.2. The van der Waals surface area contributed by atoms with Gasteiger partial charge in [0.05, 0.1) is 16.1 Å². The molecule has 0 spiro atoms. The number of sulfonamides is 1. The van der Waals surface area contributed by atoms with Crippen LogP contribution >= 0.6 is 0 Å². The van der Waals surface area contributed by atoms with Crippen LogP contribution in [0.5, 0.6) is 5.75 Å². The Balaban J connectivity index is 1.23. The van der Waals surface area contributed by atoms with Gasteiger partial charge in [-0.3, -0.25) is 19.7 Å². The molecule has 1 fully saturated rings. The van der Waals surface area contributed by atoms with Crippen LogP contribution in [0.4, 0.5) is 15.9 Å². The lowest BCUT2D eigenvalue weighted by atomic mass is 9.81. The van der Waals surface area contributed by atoms with Crippen molar-refractivity contribution in [2.24, 2.45) is 5.92 Å². The molecule has 13 nitrogen and oxygen atoms in total. The molecule has 1 aliphatic carbocycles. The van der Waals surface area contributed by atoms with Crippen LogP contribution in [-0.4, -0.2) is 47.5 Å². The van der Waals surface area contributed by atoms with E-state index in [1.165, 1.54) is 41.0 Å². The van der Waals surface area contributed by atoms with E-state index in [4.69, 9.17) is 4.74 Å². The van der Waals surface area contributed by atoms with Gasteiger partial charge in [0.2, 0.25) is 10.0 Å². The normalized spacial score (nSPS) is 18.6. The van der Waals surface area contributed by atoms with Gasteiger partial charge in [0.1, 0.15) is 5.82 Å². The summed E-state index contributed by atoms with van der Waals surface area (Å²) in [5.74, 6) is -0.172. The van der Waals surface area contributed by atoms with Gasteiger partial charge in [0, 0.05) is 42.7 Å². The molecule has 4 aromatic rings. The summed E-state index contributed by atoms with van der Waals surface area (Å²) in [7, 11) is -4.40. The average Bonchev–Trinajstić information content (AvgIpc) is 3.05. The Morgan fingerprint density at radius 2 is 1.87 bits per heavy atom. The topological polar surface area (TPSA) is 175 Å². The zero-order valence-electron chi connectivity index (χ0n) is 25.4. The third kappa shape index (κ3) is 7.01. The second kappa shape index (κ2) is 13.2. The molecule has 2 aliphatic rings. The number of carbonyl (C=O) groups excluding carboxylic acids is 1. The number of ether oxygens (including phenoxy) is 1. The van der Waals surface area contributed by atoms with E-state index in [1.54, 1.807) is 19.1 Å². The molecule has 2 aromatic carbocycles. The number of fused-ring (bicyclic) bond motifs is 2. The maximum Gasteiger partial charge on any atom is 0.289 e. The molecule has 3 heterocycles. The van der Waals surface area contributed by atoms with Crippen molar-refractivity contribution in [3.63, 3.8) is 0 Å². The Morgan fingerprint density at radius 1 is 1.11 bits per heavy atom. The van der Waals surface area contributed by atoms with E-state index in [1.807, 2.05) is 6.07 Å². The predicted molar refractivity (Wildman–Crippen MR) is 171 cm³/mol. The number of nitro groups is 1. The highest BCUT2D eigenvalue weighted by Gasteiger charge is 2.34. The highest BCUT2D eigenvalue weighted by atomic mass is 32.2. The minimum atomic E-state index is -4.40. The van der Waals surface area contributed by atoms with Crippen molar-refractivity contribution in [1.29, 1.82) is 0 Å². The summed E-state index contributed by atoms with van der Waals surface area (Å²) in [6, 6.07) is 13.5. The number of aromatic nitrogens is 2. The maximum atomic E-state index is 14.4. The van der Waals surface area contributed by atoms with Crippen molar-refractivity contribution < 1.29 is 27.3 Å². The smallest absolute Gasteiger partial charge is 0.289 e. The summed E-state index contributed by atoms with van der Waals surface area (Å²) >= 11 is 0. The fraction of sp³-hybridized carbons (Fsp3) is 0.344. The van der Waals surface area contributed by atoms with E-state index >= 15 is 0 Å². The van der Waals surface area contributed by atoms with Crippen LogP contribution < -0.4 is 25.7 Å². The Bertz CT molecular complexity index is 2030. The molecule has 1 amide bonds.